The highest BCUT2D eigenvalue weighted by atomic mass is 16.4. The number of carbonyl (C=O) groups excluding carboxylic acids is 1. The Balaban J connectivity index is 2.29. The van der Waals surface area contributed by atoms with Gasteiger partial charge < -0.3 is 15.7 Å². The van der Waals surface area contributed by atoms with E-state index in [0.29, 0.717) is 5.69 Å². The standard InChI is InChI=1S/C15H20N2O3/c1-11-3-5-12(6-4-11)17(9-13(18)19)14(20)15(10-16)7-2-8-15/h3-6H,2,7-10,16H2,1H3,(H,18,19). The number of carboxylic acid groups (broad SMARTS) is 1. The van der Waals surface area contributed by atoms with Crippen molar-refractivity contribution in [2.24, 2.45) is 11.1 Å². The molecule has 0 aliphatic heterocycles. The van der Waals surface area contributed by atoms with E-state index < -0.39 is 11.4 Å². The Morgan fingerprint density at radius 1 is 1.30 bits per heavy atom. The van der Waals surface area contributed by atoms with Crippen LogP contribution in [0.3, 0.4) is 0 Å². The van der Waals surface area contributed by atoms with E-state index in [1.807, 2.05) is 19.1 Å². The lowest BCUT2D eigenvalue weighted by Crippen LogP contribution is -2.53. The van der Waals surface area contributed by atoms with E-state index in [1.165, 1.54) is 4.90 Å². The van der Waals surface area contributed by atoms with Crippen LogP contribution in [-0.2, 0) is 9.59 Å². The predicted octanol–water partition coefficient (Wildman–Crippen LogP) is 1.54. The molecule has 108 valence electrons. The highest BCUT2D eigenvalue weighted by Gasteiger charge is 2.45. The molecule has 1 amide bonds. The number of carboxylic acids is 1. The first kappa shape index (κ1) is 14.5. The van der Waals surface area contributed by atoms with Crippen molar-refractivity contribution < 1.29 is 14.7 Å². The van der Waals surface area contributed by atoms with Crippen LogP contribution in [0.5, 0.6) is 0 Å². The molecule has 0 unspecified atom stereocenters. The molecule has 2 rings (SSSR count). The van der Waals surface area contributed by atoms with Crippen LogP contribution in [0.4, 0.5) is 5.69 Å². The van der Waals surface area contributed by atoms with E-state index in [0.717, 1.165) is 24.8 Å². The third kappa shape index (κ3) is 2.67. The monoisotopic (exact) mass is 276 g/mol. The van der Waals surface area contributed by atoms with Crippen molar-refractivity contribution in [3.05, 3.63) is 29.8 Å². The number of benzene rings is 1. The summed E-state index contributed by atoms with van der Waals surface area (Å²) in [6.45, 7) is 1.89. The maximum absolute atomic E-state index is 12.7. The van der Waals surface area contributed by atoms with Gasteiger partial charge in [0, 0.05) is 12.2 Å². The van der Waals surface area contributed by atoms with Crippen LogP contribution >= 0.6 is 0 Å². The second-order valence-corrected chi connectivity index (χ2v) is 5.46. The third-order valence-electron chi connectivity index (χ3n) is 4.04. The molecule has 5 heteroatoms. The molecule has 20 heavy (non-hydrogen) atoms. The smallest absolute Gasteiger partial charge is 0.323 e. The van der Waals surface area contributed by atoms with Crippen molar-refractivity contribution in [3.63, 3.8) is 0 Å². The normalized spacial score (nSPS) is 16.3. The van der Waals surface area contributed by atoms with E-state index in [-0.39, 0.29) is 19.0 Å². The molecule has 0 heterocycles. The lowest BCUT2D eigenvalue weighted by Gasteiger charge is -2.42. The van der Waals surface area contributed by atoms with Crippen LogP contribution in [-0.4, -0.2) is 30.1 Å². The van der Waals surface area contributed by atoms with Crippen LogP contribution < -0.4 is 10.6 Å². The van der Waals surface area contributed by atoms with Gasteiger partial charge in [0.2, 0.25) is 5.91 Å². The first-order valence-electron chi connectivity index (χ1n) is 6.79. The van der Waals surface area contributed by atoms with Gasteiger partial charge in [0.25, 0.3) is 0 Å². The summed E-state index contributed by atoms with van der Waals surface area (Å²) in [4.78, 5) is 25.1. The minimum atomic E-state index is -1.02. The number of anilines is 1. The summed E-state index contributed by atoms with van der Waals surface area (Å²) in [6, 6.07) is 7.29. The van der Waals surface area contributed by atoms with E-state index in [2.05, 4.69) is 0 Å². The number of nitrogens with two attached hydrogens (primary N) is 1. The molecule has 5 nitrogen and oxygen atoms in total. The van der Waals surface area contributed by atoms with Gasteiger partial charge in [-0.3, -0.25) is 9.59 Å². The second-order valence-electron chi connectivity index (χ2n) is 5.46. The Hall–Kier alpha value is -1.88. The molecule has 1 aliphatic rings. The highest BCUT2D eigenvalue weighted by molar-refractivity contribution is 6.01. The van der Waals surface area contributed by atoms with Crippen molar-refractivity contribution in [1.82, 2.24) is 0 Å². The summed E-state index contributed by atoms with van der Waals surface area (Å²) < 4.78 is 0. The van der Waals surface area contributed by atoms with E-state index in [1.54, 1.807) is 12.1 Å². The van der Waals surface area contributed by atoms with Crippen LogP contribution in [0, 0.1) is 12.3 Å². The lowest BCUT2D eigenvalue weighted by molar-refractivity contribution is -0.139. The number of rotatable bonds is 5. The number of amides is 1. The van der Waals surface area contributed by atoms with Gasteiger partial charge >= 0.3 is 5.97 Å². The maximum atomic E-state index is 12.7. The van der Waals surface area contributed by atoms with Crippen LogP contribution in [0.15, 0.2) is 24.3 Å². The van der Waals surface area contributed by atoms with Crippen LogP contribution in [0.1, 0.15) is 24.8 Å². The molecule has 1 saturated carbocycles. The molecule has 1 aromatic rings. The Morgan fingerprint density at radius 3 is 2.30 bits per heavy atom. The molecule has 1 fully saturated rings. The highest BCUT2D eigenvalue weighted by Crippen LogP contribution is 2.42. The number of hydrogen-bond acceptors (Lipinski definition) is 3. The summed E-state index contributed by atoms with van der Waals surface area (Å²) in [7, 11) is 0. The van der Waals surface area contributed by atoms with Gasteiger partial charge in [-0.15, -0.1) is 0 Å². The molecule has 0 radical (unpaired) electrons. The van der Waals surface area contributed by atoms with Gasteiger partial charge in [0.1, 0.15) is 6.54 Å². The van der Waals surface area contributed by atoms with Crippen molar-refractivity contribution in [2.45, 2.75) is 26.2 Å². The summed E-state index contributed by atoms with van der Waals surface area (Å²) >= 11 is 0. The number of carbonyl (C=O) groups is 2. The first-order chi connectivity index (χ1) is 9.48. The molecular weight excluding hydrogens is 256 g/mol. The van der Waals surface area contributed by atoms with Gasteiger partial charge in [-0.1, -0.05) is 24.1 Å². The van der Waals surface area contributed by atoms with Gasteiger partial charge in [-0.05, 0) is 31.9 Å². The maximum Gasteiger partial charge on any atom is 0.323 e. The molecule has 0 spiro atoms. The van der Waals surface area contributed by atoms with Gasteiger partial charge in [0.15, 0.2) is 0 Å². The minimum Gasteiger partial charge on any atom is -0.480 e. The third-order valence-corrected chi connectivity index (χ3v) is 4.04. The Bertz CT molecular complexity index is 501. The zero-order chi connectivity index (χ0) is 14.8. The first-order valence-corrected chi connectivity index (χ1v) is 6.79. The van der Waals surface area contributed by atoms with Gasteiger partial charge in [-0.2, -0.15) is 0 Å². The molecule has 0 bridgehead atoms. The lowest BCUT2D eigenvalue weighted by atomic mass is 9.67. The average Bonchev–Trinajstić information content (AvgIpc) is 2.36. The van der Waals surface area contributed by atoms with Crippen LogP contribution in [0.25, 0.3) is 0 Å². The molecule has 0 aromatic heterocycles. The predicted molar refractivity (Wildman–Crippen MR) is 76.5 cm³/mol. The Labute approximate surface area is 118 Å². The fourth-order valence-corrected chi connectivity index (χ4v) is 2.54. The molecular formula is C15H20N2O3. The number of nitrogens with zero attached hydrogens (tertiary/aromatic N) is 1. The van der Waals surface area contributed by atoms with Gasteiger partial charge in [0.05, 0.1) is 5.41 Å². The molecule has 1 aromatic carbocycles. The molecule has 0 atom stereocenters. The van der Waals surface area contributed by atoms with Crippen molar-refractivity contribution in [1.29, 1.82) is 0 Å². The SMILES string of the molecule is Cc1ccc(N(CC(=O)O)C(=O)C2(CN)CCC2)cc1. The quantitative estimate of drug-likeness (QED) is 0.854. The number of hydrogen-bond donors (Lipinski definition) is 2. The van der Waals surface area contributed by atoms with E-state index in [4.69, 9.17) is 10.8 Å². The Kier molecular flexibility index (Phi) is 4.09. The number of aliphatic carboxylic acids is 1. The van der Waals surface area contributed by atoms with Crippen molar-refractivity contribution in [3.8, 4) is 0 Å². The van der Waals surface area contributed by atoms with Gasteiger partial charge in [-0.25, -0.2) is 0 Å². The topological polar surface area (TPSA) is 83.6 Å². The molecule has 0 saturated heterocycles. The Morgan fingerprint density at radius 2 is 1.90 bits per heavy atom. The van der Waals surface area contributed by atoms with E-state index in [9.17, 15) is 9.59 Å². The summed E-state index contributed by atoms with van der Waals surface area (Å²) in [5.74, 6) is -1.19. The minimum absolute atomic E-state index is 0.169. The zero-order valence-corrected chi connectivity index (χ0v) is 11.6. The van der Waals surface area contributed by atoms with E-state index >= 15 is 0 Å². The fourth-order valence-electron chi connectivity index (χ4n) is 2.54. The largest absolute Gasteiger partial charge is 0.480 e. The average molecular weight is 276 g/mol. The van der Waals surface area contributed by atoms with Crippen molar-refractivity contribution >= 4 is 17.6 Å². The van der Waals surface area contributed by atoms with Crippen LogP contribution in [0.2, 0.25) is 0 Å². The molecule has 1 aliphatic carbocycles. The second kappa shape index (κ2) is 5.63. The molecule has 3 N–H and O–H groups in total. The summed E-state index contributed by atoms with van der Waals surface area (Å²) in [6.07, 6.45) is 2.45. The van der Waals surface area contributed by atoms with Crippen molar-refractivity contribution in [2.75, 3.05) is 18.0 Å². The number of aryl methyl sites for hydroxylation is 1. The fraction of sp³-hybridized carbons (Fsp3) is 0.467. The summed E-state index contributed by atoms with van der Waals surface area (Å²) in [5, 5.41) is 9.05. The zero-order valence-electron chi connectivity index (χ0n) is 11.6. The summed E-state index contributed by atoms with van der Waals surface area (Å²) in [5.41, 5.74) is 6.85.